The van der Waals surface area contributed by atoms with Crippen LogP contribution in [0.1, 0.15) is 19.4 Å². The second-order valence-corrected chi connectivity index (χ2v) is 6.52. The van der Waals surface area contributed by atoms with Gasteiger partial charge in [-0.15, -0.1) is 0 Å². The molecule has 2 aromatic carbocycles. The van der Waals surface area contributed by atoms with Crippen molar-refractivity contribution in [2.24, 2.45) is 0 Å². The van der Waals surface area contributed by atoms with Gasteiger partial charge in [0.05, 0.1) is 6.10 Å². The molecule has 2 rings (SSSR count). The highest BCUT2D eigenvalue weighted by molar-refractivity contribution is 9.11. The quantitative estimate of drug-likeness (QED) is 0.706. The third-order valence-corrected chi connectivity index (χ3v) is 3.92. The van der Waals surface area contributed by atoms with Gasteiger partial charge in [-0.25, -0.2) is 0 Å². The molecular weight excluding hydrogens is 382 g/mol. The lowest BCUT2D eigenvalue weighted by atomic mass is 10.2. The van der Waals surface area contributed by atoms with Crippen LogP contribution in [0.5, 0.6) is 5.75 Å². The van der Waals surface area contributed by atoms with E-state index in [1.807, 2.05) is 44.2 Å². The van der Waals surface area contributed by atoms with E-state index in [4.69, 9.17) is 4.74 Å². The van der Waals surface area contributed by atoms with Crippen LogP contribution >= 0.6 is 31.9 Å². The highest BCUT2D eigenvalue weighted by atomic mass is 79.9. The van der Waals surface area contributed by atoms with Gasteiger partial charge in [-0.05, 0) is 54.0 Å². The lowest BCUT2D eigenvalue weighted by molar-refractivity contribution is 0.240. The minimum absolute atomic E-state index is 0.175. The first-order chi connectivity index (χ1) is 9.56. The van der Waals surface area contributed by atoms with Crippen LogP contribution in [0.4, 0.5) is 5.69 Å². The Morgan fingerprint density at radius 2 is 1.85 bits per heavy atom. The zero-order chi connectivity index (χ0) is 14.5. The van der Waals surface area contributed by atoms with E-state index in [2.05, 4.69) is 49.3 Å². The molecule has 1 N–H and O–H groups in total. The Balaban J connectivity index is 2.12. The molecular formula is C16H17Br2NO. The summed E-state index contributed by atoms with van der Waals surface area (Å²) in [7, 11) is 0. The van der Waals surface area contributed by atoms with Gasteiger partial charge in [-0.1, -0.05) is 34.1 Å². The summed E-state index contributed by atoms with van der Waals surface area (Å²) in [5.41, 5.74) is 2.20. The Kier molecular flexibility index (Phi) is 5.49. The van der Waals surface area contributed by atoms with Crippen molar-refractivity contribution in [2.45, 2.75) is 26.5 Å². The van der Waals surface area contributed by atoms with Crippen molar-refractivity contribution in [2.75, 3.05) is 5.32 Å². The number of nitrogens with one attached hydrogen (secondary N) is 1. The molecule has 0 aliphatic heterocycles. The zero-order valence-corrected chi connectivity index (χ0v) is 14.7. The van der Waals surface area contributed by atoms with E-state index < -0.39 is 0 Å². The number of halogens is 2. The molecule has 0 unspecified atom stereocenters. The van der Waals surface area contributed by atoms with Crippen LogP contribution in [0.2, 0.25) is 0 Å². The Labute approximate surface area is 136 Å². The van der Waals surface area contributed by atoms with Gasteiger partial charge in [-0.3, -0.25) is 0 Å². The molecule has 0 aliphatic carbocycles. The molecule has 0 fully saturated rings. The summed E-state index contributed by atoms with van der Waals surface area (Å²) in [6, 6.07) is 14.2. The van der Waals surface area contributed by atoms with Gasteiger partial charge in [0.25, 0.3) is 0 Å². The second kappa shape index (κ2) is 7.14. The van der Waals surface area contributed by atoms with Crippen molar-refractivity contribution in [3.63, 3.8) is 0 Å². The molecule has 0 spiro atoms. The first-order valence-electron chi connectivity index (χ1n) is 6.49. The molecule has 4 heteroatoms. The molecule has 106 valence electrons. The summed E-state index contributed by atoms with van der Waals surface area (Å²) < 4.78 is 7.92. The third-order valence-electron chi connectivity index (χ3n) is 2.73. The number of benzene rings is 2. The van der Waals surface area contributed by atoms with Gasteiger partial charge in [0.2, 0.25) is 0 Å². The fourth-order valence-electron chi connectivity index (χ4n) is 1.84. The maximum Gasteiger partial charge on any atom is 0.124 e. The fourth-order valence-corrected chi connectivity index (χ4v) is 2.59. The number of rotatable bonds is 5. The van der Waals surface area contributed by atoms with Crippen molar-refractivity contribution < 1.29 is 4.74 Å². The average Bonchev–Trinajstić information content (AvgIpc) is 2.41. The number of ether oxygens (including phenoxy) is 1. The molecule has 0 atom stereocenters. The third kappa shape index (κ3) is 4.25. The normalized spacial score (nSPS) is 10.7. The molecule has 0 saturated carbocycles. The molecule has 2 nitrogen and oxygen atoms in total. The maximum absolute atomic E-state index is 5.83. The largest absolute Gasteiger partial charge is 0.491 e. The number of hydrogen-bond acceptors (Lipinski definition) is 2. The fraction of sp³-hybridized carbons (Fsp3) is 0.250. The van der Waals surface area contributed by atoms with Crippen molar-refractivity contribution in [3.05, 3.63) is 57.0 Å². The summed E-state index contributed by atoms with van der Waals surface area (Å²) in [4.78, 5) is 0. The molecule has 0 heterocycles. The van der Waals surface area contributed by atoms with Gasteiger partial charge >= 0.3 is 0 Å². The molecule has 0 radical (unpaired) electrons. The number of anilines is 1. The standard InChI is InChI=1S/C16H17Br2NO/c1-11(2)20-16-6-4-3-5-12(16)10-19-15-9-13(17)7-8-14(15)18/h3-9,11,19H,10H2,1-2H3. The molecule has 0 aromatic heterocycles. The van der Waals surface area contributed by atoms with Crippen molar-refractivity contribution in [1.29, 1.82) is 0 Å². The lowest BCUT2D eigenvalue weighted by Gasteiger charge is -2.15. The minimum Gasteiger partial charge on any atom is -0.491 e. The van der Waals surface area contributed by atoms with Crippen LogP contribution < -0.4 is 10.1 Å². The lowest BCUT2D eigenvalue weighted by Crippen LogP contribution is -2.09. The van der Waals surface area contributed by atoms with Gasteiger partial charge in [0.1, 0.15) is 5.75 Å². The highest BCUT2D eigenvalue weighted by Crippen LogP contribution is 2.28. The summed E-state index contributed by atoms with van der Waals surface area (Å²) in [5, 5.41) is 3.43. The Morgan fingerprint density at radius 1 is 1.10 bits per heavy atom. The zero-order valence-electron chi connectivity index (χ0n) is 11.5. The topological polar surface area (TPSA) is 21.3 Å². The summed E-state index contributed by atoms with van der Waals surface area (Å²) in [6.07, 6.45) is 0.175. The van der Waals surface area contributed by atoms with E-state index in [-0.39, 0.29) is 6.10 Å². The predicted octanol–water partition coefficient (Wildman–Crippen LogP) is 5.61. The SMILES string of the molecule is CC(C)Oc1ccccc1CNc1cc(Br)ccc1Br. The molecule has 0 saturated heterocycles. The highest BCUT2D eigenvalue weighted by Gasteiger charge is 2.06. The van der Waals surface area contributed by atoms with Gasteiger partial charge in [-0.2, -0.15) is 0 Å². The summed E-state index contributed by atoms with van der Waals surface area (Å²) in [5.74, 6) is 0.932. The van der Waals surface area contributed by atoms with E-state index in [0.717, 1.165) is 32.5 Å². The first-order valence-corrected chi connectivity index (χ1v) is 8.08. The molecule has 2 aromatic rings. The van der Waals surface area contributed by atoms with Crippen LogP contribution in [-0.4, -0.2) is 6.10 Å². The van der Waals surface area contributed by atoms with Crippen molar-refractivity contribution in [3.8, 4) is 5.75 Å². The Hall–Kier alpha value is -1.000. The van der Waals surface area contributed by atoms with Crippen LogP contribution in [0.3, 0.4) is 0 Å². The monoisotopic (exact) mass is 397 g/mol. The Bertz CT molecular complexity index is 584. The van der Waals surface area contributed by atoms with Gasteiger partial charge in [0, 0.05) is 26.7 Å². The second-order valence-electron chi connectivity index (χ2n) is 4.75. The summed E-state index contributed by atoms with van der Waals surface area (Å²) in [6.45, 7) is 4.79. The number of hydrogen-bond donors (Lipinski definition) is 1. The summed E-state index contributed by atoms with van der Waals surface area (Å²) >= 11 is 7.03. The van der Waals surface area contributed by atoms with Crippen LogP contribution in [0.25, 0.3) is 0 Å². The van der Waals surface area contributed by atoms with Crippen LogP contribution in [-0.2, 0) is 6.54 Å². The number of para-hydroxylation sites is 1. The van der Waals surface area contributed by atoms with Gasteiger partial charge < -0.3 is 10.1 Å². The molecule has 0 bridgehead atoms. The predicted molar refractivity (Wildman–Crippen MR) is 91.4 cm³/mol. The van der Waals surface area contributed by atoms with E-state index in [9.17, 15) is 0 Å². The first kappa shape index (κ1) is 15.4. The van der Waals surface area contributed by atoms with E-state index in [1.54, 1.807) is 0 Å². The van der Waals surface area contributed by atoms with Crippen molar-refractivity contribution >= 4 is 37.5 Å². The van der Waals surface area contributed by atoms with Crippen LogP contribution in [0, 0.1) is 0 Å². The van der Waals surface area contributed by atoms with Gasteiger partial charge in [0.15, 0.2) is 0 Å². The van der Waals surface area contributed by atoms with E-state index in [1.165, 1.54) is 0 Å². The maximum atomic E-state index is 5.83. The minimum atomic E-state index is 0.175. The Morgan fingerprint density at radius 3 is 2.60 bits per heavy atom. The van der Waals surface area contributed by atoms with E-state index in [0.29, 0.717) is 0 Å². The smallest absolute Gasteiger partial charge is 0.124 e. The molecule has 0 aliphatic rings. The molecule has 20 heavy (non-hydrogen) atoms. The van der Waals surface area contributed by atoms with Crippen molar-refractivity contribution in [1.82, 2.24) is 0 Å². The average molecular weight is 399 g/mol. The molecule has 0 amide bonds. The van der Waals surface area contributed by atoms with E-state index >= 15 is 0 Å². The van der Waals surface area contributed by atoms with Crippen LogP contribution in [0.15, 0.2) is 51.4 Å².